The van der Waals surface area contributed by atoms with E-state index < -0.39 is 0 Å². The summed E-state index contributed by atoms with van der Waals surface area (Å²) >= 11 is 0. The number of nitrogens with one attached hydrogen (secondary N) is 1. The number of nitrogens with zero attached hydrogens (tertiary/aromatic N) is 1. The largest absolute Gasteiger partial charge is 0.497 e. The normalized spacial score (nSPS) is 27.5. The summed E-state index contributed by atoms with van der Waals surface area (Å²) < 4.78 is 5.19. The number of hydrogen-bond donors (Lipinski definition) is 1. The summed E-state index contributed by atoms with van der Waals surface area (Å²) in [6.07, 6.45) is 4.76. The second-order valence-electron chi connectivity index (χ2n) is 6.75. The van der Waals surface area contributed by atoms with Crippen molar-refractivity contribution >= 4 is 5.91 Å². The molecule has 0 bridgehead atoms. The lowest BCUT2D eigenvalue weighted by molar-refractivity contribution is -0.122. The van der Waals surface area contributed by atoms with Gasteiger partial charge in [0, 0.05) is 18.5 Å². The fourth-order valence-electron chi connectivity index (χ4n) is 3.76. The van der Waals surface area contributed by atoms with Crippen molar-refractivity contribution in [3.63, 3.8) is 0 Å². The van der Waals surface area contributed by atoms with Gasteiger partial charge in [-0.1, -0.05) is 25.5 Å². The molecule has 23 heavy (non-hydrogen) atoms. The molecule has 1 aliphatic heterocycles. The predicted octanol–water partition coefficient (Wildman–Crippen LogP) is 2.79. The maximum Gasteiger partial charge on any atom is 0.223 e. The molecule has 0 aromatic heterocycles. The molecule has 0 spiro atoms. The molecule has 1 saturated heterocycles. The second-order valence-corrected chi connectivity index (χ2v) is 6.75. The monoisotopic (exact) mass is 316 g/mol. The third kappa shape index (κ3) is 3.86. The predicted molar refractivity (Wildman–Crippen MR) is 91.7 cm³/mol. The zero-order valence-corrected chi connectivity index (χ0v) is 14.3. The van der Waals surface area contributed by atoms with Gasteiger partial charge in [-0.05, 0) is 56.0 Å². The Bertz CT molecular complexity index is 529. The Morgan fingerprint density at radius 1 is 1.30 bits per heavy atom. The quantitative estimate of drug-likeness (QED) is 0.877. The molecule has 3 rings (SSSR count). The molecular weight excluding hydrogens is 288 g/mol. The van der Waals surface area contributed by atoms with Crippen molar-refractivity contribution in [1.29, 1.82) is 0 Å². The number of hydrogen-bond acceptors (Lipinski definition) is 3. The maximum absolute atomic E-state index is 12.4. The molecular formula is C19H28N2O2. The first-order valence-electron chi connectivity index (χ1n) is 8.88. The van der Waals surface area contributed by atoms with E-state index in [9.17, 15) is 4.79 Å². The number of likely N-dealkylation sites (tertiary alicyclic amines) is 1. The van der Waals surface area contributed by atoms with Crippen molar-refractivity contribution in [3.8, 4) is 5.75 Å². The average molecular weight is 316 g/mol. The van der Waals surface area contributed by atoms with Crippen LogP contribution in [0.4, 0.5) is 0 Å². The van der Waals surface area contributed by atoms with Crippen LogP contribution in [0.1, 0.15) is 44.1 Å². The van der Waals surface area contributed by atoms with Gasteiger partial charge in [0.25, 0.3) is 0 Å². The smallest absolute Gasteiger partial charge is 0.223 e. The van der Waals surface area contributed by atoms with Crippen LogP contribution in [-0.2, 0) is 4.79 Å². The van der Waals surface area contributed by atoms with Crippen LogP contribution in [0.15, 0.2) is 24.3 Å². The molecule has 1 aromatic rings. The highest BCUT2D eigenvalue weighted by atomic mass is 16.5. The van der Waals surface area contributed by atoms with E-state index in [1.54, 1.807) is 7.11 Å². The van der Waals surface area contributed by atoms with Crippen molar-refractivity contribution in [3.05, 3.63) is 29.8 Å². The van der Waals surface area contributed by atoms with Crippen molar-refractivity contribution in [2.75, 3.05) is 26.7 Å². The van der Waals surface area contributed by atoms with Gasteiger partial charge >= 0.3 is 0 Å². The summed E-state index contributed by atoms with van der Waals surface area (Å²) in [5.41, 5.74) is 1.25. The number of carbonyl (C=O) groups excluding carboxylic acids is 1. The van der Waals surface area contributed by atoms with Gasteiger partial charge in [0.05, 0.1) is 7.11 Å². The van der Waals surface area contributed by atoms with Crippen LogP contribution in [0.3, 0.4) is 0 Å². The maximum atomic E-state index is 12.4. The third-order valence-electron chi connectivity index (χ3n) is 5.34. The fraction of sp³-hybridized carbons (Fsp3) is 0.632. The van der Waals surface area contributed by atoms with Crippen LogP contribution in [0.25, 0.3) is 0 Å². The van der Waals surface area contributed by atoms with Crippen LogP contribution in [0.2, 0.25) is 0 Å². The molecule has 1 aliphatic carbocycles. The Kier molecular flexibility index (Phi) is 5.21. The van der Waals surface area contributed by atoms with E-state index in [0.717, 1.165) is 25.3 Å². The minimum Gasteiger partial charge on any atom is -0.497 e. The summed E-state index contributed by atoms with van der Waals surface area (Å²) in [5, 5.41) is 3.20. The standard InChI is InChI=1S/C19H28N2O2/c1-3-21-11-5-4-6-15(21)13-20-19(22)18-12-17(18)14-7-9-16(23-2)10-8-14/h7-10,15,17-18H,3-6,11-13H2,1-2H3,(H,20,22). The summed E-state index contributed by atoms with van der Waals surface area (Å²) in [6.45, 7) is 5.27. The SMILES string of the molecule is CCN1CCCCC1CNC(=O)C1CC1c1ccc(OC)cc1. The molecule has 2 aliphatic rings. The molecule has 4 nitrogen and oxygen atoms in total. The molecule has 4 heteroatoms. The lowest BCUT2D eigenvalue weighted by Crippen LogP contribution is -2.46. The Balaban J connectivity index is 1.48. The first-order chi connectivity index (χ1) is 11.2. The van der Waals surface area contributed by atoms with Gasteiger partial charge in [-0.15, -0.1) is 0 Å². The highest BCUT2D eigenvalue weighted by Gasteiger charge is 2.43. The van der Waals surface area contributed by atoms with E-state index in [4.69, 9.17) is 4.74 Å². The van der Waals surface area contributed by atoms with Crippen LogP contribution in [0.5, 0.6) is 5.75 Å². The number of ether oxygens (including phenoxy) is 1. The van der Waals surface area contributed by atoms with E-state index in [1.807, 2.05) is 12.1 Å². The number of rotatable bonds is 6. The van der Waals surface area contributed by atoms with Gasteiger partial charge < -0.3 is 10.1 Å². The minimum absolute atomic E-state index is 0.155. The van der Waals surface area contributed by atoms with Crippen LogP contribution >= 0.6 is 0 Å². The molecule has 1 amide bonds. The van der Waals surface area contributed by atoms with Crippen molar-refractivity contribution in [2.45, 2.75) is 44.6 Å². The summed E-state index contributed by atoms with van der Waals surface area (Å²) in [4.78, 5) is 14.9. The van der Waals surface area contributed by atoms with Gasteiger partial charge in [-0.3, -0.25) is 9.69 Å². The van der Waals surface area contributed by atoms with Crippen LogP contribution < -0.4 is 10.1 Å². The summed E-state index contributed by atoms with van der Waals surface area (Å²) in [5.74, 6) is 1.64. The van der Waals surface area contributed by atoms with E-state index >= 15 is 0 Å². The van der Waals surface area contributed by atoms with Gasteiger partial charge in [-0.2, -0.15) is 0 Å². The molecule has 1 aromatic carbocycles. The molecule has 3 atom stereocenters. The first kappa shape index (κ1) is 16.3. The lowest BCUT2D eigenvalue weighted by atomic mass is 10.0. The van der Waals surface area contributed by atoms with E-state index in [2.05, 4.69) is 29.3 Å². The van der Waals surface area contributed by atoms with E-state index in [1.165, 1.54) is 31.4 Å². The lowest BCUT2D eigenvalue weighted by Gasteiger charge is -2.34. The Hall–Kier alpha value is -1.55. The molecule has 3 unspecified atom stereocenters. The third-order valence-corrected chi connectivity index (χ3v) is 5.34. The molecule has 2 fully saturated rings. The summed E-state index contributed by atoms with van der Waals surface area (Å²) in [6, 6.07) is 8.64. The Morgan fingerprint density at radius 2 is 2.09 bits per heavy atom. The molecule has 126 valence electrons. The average Bonchev–Trinajstić information content (AvgIpc) is 3.41. The number of carbonyl (C=O) groups is 1. The van der Waals surface area contributed by atoms with Crippen LogP contribution in [-0.4, -0.2) is 43.6 Å². The number of piperidine rings is 1. The minimum atomic E-state index is 0.155. The number of amides is 1. The second kappa shape index (κ2) is 7.35. The van der Waals surface area contributed by atoms with Crippen LogP contribution in [0, 0.1) is 5.92 Å². The molecule has 1 heterocycles. The van der Waals surface area contributed by atoms with Crippen molar-refractivity contribution in [1.82, 2.24) is 10.2 Å². The van der Waals surface area contributed by atoms with E-state index in [-0.39, 0.29) is 11.8 Å². The highest BCUT2D eigenvalue weighted by Crippen LogP contribution is 2.47. The fourth-order valence-corrected chi connectivity index (χ4v) is 3.76. The van der Waals surface area contributed by atoms with E-state index in [0.29, 0.717) is 12.0 Å². The zero-order valence-electron chi connectivity index (χ0n) is 14.3. The van der Waals surface area contributed by atoms with Crippen molar-refractivity contribution < 1.29 is 9.53 Å². The number of benzene rings is 1. The van der Waals surface area contributed by atoms with Crippen molar-refractivity contribution in [2.24, 2.45) is 5.92 Å². The highest BCUT2D eigenvalue weighted by molar-refractivity contribution is 5.82. The molecule has 1 N–H and O–H groups in total. The van der Waals surface area contributed by atoms with Gasteiger partial charge in [0.2, 0.25) is 5.91 Å². The molecule has 1 saturated carbocycles. The van der Waals surface area contributed by atoms with Gasteiger partial charge in [0.15, 0.2) is 0 Å². The Labute approximate surface area is 139 Å². The van der Waals surface area contributed by atoms with Gasteiger partial charge in [0.1, 0.15) is 5.75 Å². The molecule has 0 radical (unpaired) electrons. The Morgan fingerprint density at radius 3 is 2.78 bits per heavy atom. The number of methoxy groups -OCH3 is 1. The first-order valence-corrected chi connectivity index (χ1v) is 8.88. The zero-order chi connectivity index (χ0) is 16.2. The number of likely N-dealkylation sites (N-methyl/N-ethyl adjacent to an activating group) is 1. The topological polar surface area (TPSA) is 41.6 Å². The summed E-state index contributed by atoms with van der Waals surface area (Å²) in [7, 11) is 1.67. The van der Waals surface area contributed by atoms with Gasteiger partial charge in [-0.25, -0.2) is 0 Å².